The fourth-order valence-corrected chi connectivity index (χ4v) is 1.21. The van der Waals surface area contributed by atoms with Crippen molar-refractivity contribution in [2.45, 2.75) is 19.4 Å². The molecule has 7 heteroatoms. The number of benzene rings is 1. The maximum atomic E-state index is 13.3. The number of rotatable bonds is 5. The van der Waals surface area contributed by atoms with Gasteiger partial charge >= 0.3 is 11.7 Å². The zero-order chi connectivity index (χ0) is 13.0. The van der Waals surface area contributed by atoms with Gasteiger partial charge in [0.05, 0.1) is 4.92 Å². The van der Waals surface area contributed by atoms with Crippen LogP contribution in [-0.2, 0) is 4.79 Å². The van der Waals surface area contributed by atoms with Crippen molar-refractivity contribution >= 4 is 11.7 Å². The number of ether oxygens (including phenoxy) is 1. The maximum Gasteiger partial charge on any atom is 0.344 e. The molecule has 0 aliphatic rings. The van der Waals surface area contributed by atoms with Crippen LogP contribution in [0.2, 0.25) is 0 Å². The monoisotopic (exact) mass is 243 g/mol. The highest BCUT2D eigenvalue weighted by molar-refractivity contribution is 5.73. The Bertz CT molecular complexity index is 448. The van der Waals surface area contributed by atoms with Crippen molar-refractivity contribution in [3.8, 4) is 5.75 Å². The predicted octanol–water partition coefficient (Wildman–Crippen LogP) is 1.98. The number of carboxylic acids is 1. The van der Waals surface area contributed by atoms with Gasteiger partial charge in [-0.15, -0.1) is 0 Å². The van der Waals surface area contributed by atoms with Gasteiger partial charge in [0.15, 0.2) is 11.9 Å². The van der Waals surface area contributed by atoms with E-state index in [2.05, 4.69) is 0 Å². The Morgan fingerprint density at radius 1 is 1.65 bits per heavy atom. The van der Waals surface area contributed by atoms with Gasteiger partial charge in [-0.3, -0.25) is 10.1 Å². The van der Waals surface area contributed by atoms with Crippen LogP contribution in [0.1, 0.15) is 13.3 Å². The summed E-state index contributed by atoms with van der Waals surface area (Å²) in [6.45, 7) is 1.52. The van der Waals surface area contributed by atoms with Gasteiger partial charge in [0, 0.05) is 6.07 Å². The Hall–Kier alpha value is -2.18. The first-order chi connectivity index (χ1) is 7.97. The molecule has 1 aromatic rings. The van der Waals surface area contributed by atoms with E-state index in [1.165, 1.54) is 6.92 Å². The minimum Gasteiger partial charge on any atom is -0.479 e. The molecule has 0 saturated carbocycles. The Morgan fingerprint density at radius 3 is 2.76 bits per heavy atom. The molecule has 0 aromatic heterocycles. The molecule has 1 unspecified atom stereocenters. The van der Waals surface area contributed by atoms with E-state index in [9.17, 15) is 19.3 Å². The van der Waals surface area contributed by atoms with Gasteiger partial charge in [0.1, 0.15) is 0 Å². The van der Waals surface area contributed by atoms with Gasteiger partial charge in [0.25, 0.3) is 0 Å². The fourth-order valence-electron chi connectivity index (χ4n) is 1.21. The number of nitrogens with zero attached hydrogens (tertiary/aromatic N) is 1. The average molecular weight is 243 g/mol. The number of para-hydroxylation sites is 1. The molecule has 0 bridgehead atoms. The molecule has 17 heavy (non-hydrogen) atoms. The molecular formula is C10H10FNO5. The lowest BCUT2D eigenvalue weighted by Crippen LogP contribution is -2.26. The van der Waals surface area contributed by atoms with Gasteiger partial charge in [-0.2, -0.15) is 0 Å². The molecule has 6 nitrogen and oxygen atoms in total. The molecule has 0 saturated heterocycles. The van der Waals surface area contributed by atoms with Gasteiger partial charge in [0.2, 0.25) is 5.75 Å². The lowest BCUT2D eigenvalue weighted by atomic mass is 10.2. The Balaban J connectivity index is 3.12. The highest BCUT2D eigenvalue weighted by atomic mass is 19.1. The lowest BCUT2D eigenvalue weighted by molar-refractivity contribution is -0.386. The second kappa shape index (κ2) is 5.24. The van der Waals surface area contributed by atoms with E-state index in [-0.39, 0.29) is 6.42 Å². The van der Waals surface area contributed by atoms with Crippen LogP contribution >= 0.6 is 0 Å². The summed E-state index contributed by atoms with van der Waals surface area (Å²) in [5.41, 5.74) is -0.593. The van der Waals surface area contributed by atoms with E-state index in [1.807, 2.05) is 0 Å². The molecule has 0 radical (unpaired) electrons. The van der Waals surface area contributed by atoms with E-state index in [0.717, 1.165) is 18.2 Å². The Kier molecular flexibility index (Phi) is 3.97. The zero-order valence-corrected chi connectivity index (χ0v) is 8.92. The quantitative estimate of drug-likeness (QED) is 0.630. The van der Waals surface area contributed by atoms with Crippen LogP contribution in [0, 0.1) is 15.9 Å². The molecule has 0 aliphatic heterocycles. The Morgan fingerprint density at radius 2 is 2.29 bits per heavy atom. The second-order valence-electron chi connectivity index (χ2n) is 3.20. The summed E-state index contributed by atoms with van der Waals surface area (Å²) >= 11 is 0. The molecule has 0 heterocycles. The van der Waals surface area contributed by atoms with Crippen molar-refractivity contribution in [3.05, 3.63) is 34.1 Å². The van der Waals surface area contributed by atoms with Crippen LogP contribution < -0.4 is 4.74 Å². The van der Waals surface area contributed by atoms with Crippen LogP contribution in [0.15, 0.2) is 18.2 Å². The van der Waals surface area contributed by atoms with Gasteiger partial charge < -0.3 is 9.84 Å². The first-order valence-corrected chi connectivity index (χ1v) is 4.79. The lowest BCUT2D eigenvalue weighted by Gasteiger charge is -2.13. The van der Waals surface area contributed by atoms with E-state index in [4.69, 9.17) is 9.84 Å². The third kappa shape index (κ3) is 2.90. The van der Waals surface area contributed by atoms with Gasteiger partial charge in [-0.05, 0) is 12.5 Å². The number of halogens is 1. The van der Waals surface area contributed by atoms with Crippen molar-refractivity contribution < 1.29 is 24.0 Å². The second-order valence-corrected chi connectivity index (χ2v) is 3.20. The highest BCUT2D eigenvalue weighted by Crippen LogP contribution is 2.30. The van der Waals surface area contributed by atoms with Crippen LogP contribution in [0.3, 0.4) is 0 Å². The molecule has 92 valence electrons. The molecule has 0 fully saturated rings. The first-order valence-electron chi connectivity index (χ1n) is 4.79. The summed E-state index contributed by atoms with van der Waals surface area (Å²) in [6, 6.07) is 3.17. The normalized spacial score (nSPS) is 11.9. The Labute approximate surface area is 95.8 Å². The van der Waals surface area contributed by atoms with E-state index >= 15 is 0 Å². The minimum absolute atomic E-state index is 0.0703. The number of hydrogen-bond acceptors (Lipinski definition) is 4. The maximum absolute atomic E-state index is 13.3. The summed E-state index contributed by atoms with van der Waals surface area (Å²) in [5.74, 6) is -2.91. The molecule has 1 rings (SSSR count). The van der Waals surface area contributed by atoms with Crippen molar-refractivity contribution in [3.63, 3.8) is 0 Å². The number of nitro benzene ring substituents is 1. The van der Waals surface area contributed by atoms with Crippen LogP contribution in [0.4, 0.5) is 10.1 Å². The topological polar surface area (TPSA) is 89.7 Å². The number of aliphatic carboxylic acids is 1. The molecule has 0 aliphatic carbocycles. The van der Waals surface area contributed by atoms with Crippen molar-refractivity contribution in [1.82, 2.24) is 0 Å². The summed E-state index contributed by atoms with van der Waals surface area (Å²) in [6.07, 6.45) is -1.24. The number of carbonyl (C=O) groups is 1. The zero-order valence-electron chi connectivity index (χ0n) is 8.92. The highest BCUT2D eigenvalue weighted by Gasteiger charge is 2.25. The number of nitro groups is 1. The molecule has 1 aromatic carbocycles. The van der Waals surface area contributed by atoms with E-state index < -0.39 is 34.3 Å². The van der Waals surface area contributed by atoms with Crippen molar-refractivity contribution in [2.24, 2.45) is 0 Å². The molecule has 1 N–H and O–H groups in total. The van der Waals surface area contributed by atoms with Gasteiger partial charge in [-0.1, -0.05) is 13.0 Å². The fraction of sp³-hybridized carbons (Fsp3) is 0.300. The van der Waals surface area contributed by atoms with Crippen LogP contribution in [-0.4, -0.2) is 22.1 Å². The van der Waals surface area contributed by atoms with Gasteiger partial charge in [-0.25, -0.2) is 9.18 Å². The predicted molar refractivity (Wildman–Crippen MR) is 55.4 cm³/mol. The molecule has 0 spiro atoms. The summed E-state index contributed by atoms with van der Waals surface area (Å²) in [5, 5.41) is 19.4. The van der Waals surface area contributed by atoms with Crippen LogP contribution in [0.25, 0.3) is 0 Å². The summed E-state index contributed by atoms with van der Waals surface area (Å²) < 4.78 is 18.2. The molecule has 1 atom stereocenters. The summed E-state index contributed by atoms with van der Waals surface area (Å²) in [4.78, 5) is 20.5. The third-order valence-electron chi connectivity index (χ3n) is 2.05. The molecule has 0 amide bonds. The van der Waals surface area contributed by atoms with E-state index in [0.29, 0.717) is 0 Å². The van der Waals surface area contributed by atoms with E-state index in [1.54, 1.807) is 0 Å². The first kappa shape index (κ1) is 12.9. The average Bonchev–Trinajstić information content (AvgIpc) is 2.26. The standard InChI is InChI=1S/C10H10FNO5/c1-2-8(10(13)14)17-9-6(11)4-3-5-7(9)12(15)16/h3-5,8H,2H2,1H3,(H,13,14). The SMILES string of the molecule is CCC(Oc1c(F)cccc1[N+](=O)[O-])C(=O)O. The summed E-state index contributed by atoms with van der Waals surface area (Å²) in [7, 11) is 0. The molecular weight excluding hydrogens is 233 g/mol. The largest absolute Gasteiger partial charge is 0.479 e. The minimum atomic E-state index is -1.31. The van der Waals surface area contributed by atoms with Crippen molar-refractivity contribution in [2.75, 3.05) is 0 Å². The smallest absolute Gasteiger partial charge is 0.344 e. The number of hydrogen-bond donors (Lipinski definition) is 1. The number of carboxylic acid groups (broad SMARTS) is 1. The van der Waals surface area contributed by atoms with Crippen LogP contribution in [0.5, 0.6) is 5.75 Å². The van der Waals surface area contributed by atoms with Crippen molar-refractivity contribution in [1.29, 1.82) is 0 Å². The third-order valence-corrected chi connectivity index (χ3v) is 2.05.